The quantitative estimate of drug-likeness (QED) is 0.344. The van der Waals surface area contributed by atoms with Crippen molar-refractivity contribution in [2.75, 3.05) is 18.4 Å². The third-order valence-electron chi connectivity index (χ3n) is 7.50. The Morgan fingerprint density at radius 1 is 1.08 bits per heavy atom. The van der Waals surface area contributed by atoms with Crippen molar-refractivity contribution in [2.45, 2.75) is 52.0 Å². The van der Waals surface area contributed by atoms with Crippen molar-refractivity contribution in [3.8, 4) is 5.69 Å². The summed E-state index contributed by atoms with van der Waals surface area (Å²) in [5.41, 5.74) is 3.47. The van der Waals surface area contributed by atoms with Crippen LogP contribution in [0, 0.1) is 0 Å². The summed E-state index contributed by atoms with van der Waals surface area (Å²) in [6, 6.07) is 16.7. The van der Waals surface area contributed by atoms with Gasteiger partial charge in [-0.25, -0.2) is 9.78 Å². The first-order chi connectivity index (χ1) is 18.3. The summed E-state index contributed by atoms with van der Waals surface area (Å²) in [6.45, 7) is 8.82. The number of aromatic carboxylic acids is 1. The van der Waals surface area contributed by atoms with Gasteiger partial charge >= 0.3 is 5.97 Å². The van der Waals surface area contributed by atoms with Crippen LogP contribution in [-0.4, -0.2) is 49.6 Å². The van der Waals surface area contributed by atoms with Gasteiger partial charge in [-0.05, 0) is 87.5 Å². The lowest BCUT2D eigenvalue weighted by molar-refractivity contribution is 0.0695. The van der Waals surface area contributed by atoms with Crippen LogP contribution in [0.15, 0.2) is 65.7 Å². The fourth-order valence-electron chi connectivity index (χ4n) is 5.13. The minimum atomic E-state index is -1.28. The van der Waals surface area contributed by atoms with E-state index in [-0.39, 0.29) is 10.9 Å². The molecule has 38 heavy (non-hydrogen) atoms. The number of nitrogens with zero attached hydrogens (tertiary/aromatic N) is 4. The van der Waals surface area contributed by atoms with E-state index in [9.17, 15) is 14.7 Å². The average molecular weight is 512 g/mol. The number of carbonyl (C=O) groups is 1. The molecule has 2 N–H and O–H groups in total. The number of pyridine rings is 1. The van der Waals surface area contributed by atoms with Gasteiger partial charge in [-0.15, -0.1) is 0 Å². The van der Waals surface area contributed by atoms with E-state index in [2.05, 4.69) is 53.1 Å². The normalized spacial score (nSPS) is 14.7. The van der Waals surface area contributed by atoms with E-state index in [4.69, 9.17) is 0 Å². The molecule has 0 amide bonds. The average Bonchev–Trinajstić information content (AvgIpc) is 2.93. The van der Waals surface area contributed by atoms with E-state index in [1.807, 2.05) is 36.4 Å². The number of aryl methyl sites for hydroxylation is 1. The second-order valence-corrected chi connectivity index (χ2v) is 10.1. The topological polar surface area (TPSA) is 100 Å². The highest BCUT2D eigenvalue weighted by atomic mass is 16.4. The summed E-state index contributed by atoms with van der Waals surface area (Å²) < 4.78 is 1.64. The summed E-state index contributed by atoms with van der Waals surface area (Å²) >= 11 is 0. The maximum atomic E-state index is 12.9. The fraction of sp³-hybridized carbons (Fsp3) is 0.333. The van der Waals surface area contributed by atoms with Crippen LogP contribution in [0.1, 0.15) is 61.0 Å². The minimum Gasteiger partial charge on any atom is -0.477 e. The summed E-state index contributed by atoms with van der Waals surface area (Å²) in [5, 5.41) is 13.0. The van der Waals surface area contributed by atoms with Crippen molar-refractivity contribution >= 4 is 28.6 Å². The summed E-state index contributed by atoms with van der Waals surface area (Å²) in [6.07, 6.45) is 5.94. The molecule has 8 nitrogen and oxygen atoms in total. The Hall–Kier alpha value is -4.04. The lowest BCUT2D eigenvalue weighted by atomic mass is 9.89. The Morgan fingerprint density at radius 3 is 2.37 bits per heavy atom. The van der Waals surface area contributed by atoms with E-state index >= 15 is 0 Å². The molecule has 4 aromatic rings. The fourth-order valence-corrected chi connectivity index (χ4v) is 5.13. The molecule has 0 saturated carbocycles. The van der Waals surface area contributed by atoms with Crippen molar-refractivity contribution in [3.63, 3.8) is 0 Å². The Labute approximate surface area is 222 Å². The number of carboxylic acid groups (broad SMARTS) is 1. The first kappa shape index (κ1) is 25.6. The van der Waals surface area contributed by atoms with Crippen LogP contribution < -0.4 is 10.7 Å². The molecule has 2 aromatic heterocycles. The molecule has 8 heteroatoms. The molecule has 0 aliphatic carbocycles. The number of hydrogen-bond donors (Lipinski definition) is 2. The number of nitrogens with one attached hydrogen (secondary N) is 1. The molecule has 0 spiro atoms. The first-order valence-electron chi connectivity index (χ1n) is 13.2. The molecule has 0 atom stereocenters. The molecular formula is C30H33N5O3. The van der Waals surface area contributed by atoms with Crippen molar-refractivity contribution in [2.24, 2.45) is 0 Å². The number of carboxylic acids is 1. The number of benzene rings is 2. The van der Waals surface area contributed by atoms with Gasteiger partial charge in [0.2, 0.25) is 11.4 Å². The van der Waals surface area contributed by atoms with Crippen LogP contribution >= 0.6 is 0 Å². The van der Waals surface area contributed by atoms with Gasteiger partial charge in [0.25, 0.3) is 0 Å². The molecule has 1 fully saturated rings. The predicted molar refractivity (Wildman–Crippen MR) is 150 cm³/mol. The van der Waals surface area contributed by atoms with Crippen molar-refractivity contribution in [1.29, 1.82) is 0 Å². The monoisotopic (exact) mass is 511 g/mol. The van der Waals surface area contributed by atoms with Crippen LogP contribution in [0.3, 0.4) is 0 Å². The number of piperidine rings is 1. The van der Waals surface area contributed by atoms with Crippen molar-refractivity contribution in [1.82, 2.24) is 19.4 Å². The van der Waals surface area contributed by atoms with Crippen LogP contribution in [0.2, 0.25) is 0 Å². The lowest BCUT2D eigenvalue weighted by Gasteiger charge is -2.34. The van der Waals surface area contributed by atoms with Crippen molar-refractivity contribution in [3.05, 3.63) is 87.8 Å². The molecule has 0 bridgehead atoms. The Morgan fingerprint density at radius 2 is 1.76 bits per heavy atom. The minimum absolute atomic E-state index is 0.151. The molecule has 1 aliphatic rings. The third kappa shape index (κ3) is 5.17. The number of anilines is 2. The number of hydrogen-bond acceptors (Lipinski definition) is 6. The summed E-state index contributed by atoms with van der Waals surface area (Å²) in [7, 11) is 0. The van der Waals surface area contributed by atoms with Crippen LogP contribution in [0.5, 0.6) is 0 Å². The number of fused-ring (bicyclic) bond motifs is 1. The molecular weight excluding hydrogens is 478 g/mol. The number of likely N-dealkylation sites (tertiary alicyclic amines) is 1. The Kier molecular flexibility index (Phi) is 7.24. The van der Waals surface area contributed by atoms with E-state index in [0.717, 1.165) is 43.6 Å². The van der Waals surface area contributed by atoms with Gasteiger partial charge in [0, 0.05) is 29.8 Å². The molecule has 3 heterocycles. The van der Waals surface area contributed by atoms with Crippen LogP contribution in [0.4, 0.5) is 11.6 Å². The molecule has 5 rings (SSSR count). The second kappa shape index (κ2) is 10.8. The predicted octanol–water partition coefficient (Wildman–Crippen LogP) is 5.37. The maximum absolute atomic E-state index is 12.9. The number of rotatable bonds is 7. The van der Waals surface area contributed by atoms with Crippen LogP contribution in [0.25, 0.3) is 16.7 Å². The highest BCUT2D eigenvalue weighted by Crippen LogP contribution is 2.30. The molecule has 0 radical (unpaired) electrons. The summed E-state index contributed by atoms with van der Waals surface area (Å²) in [4.78, 5) is 36.1. The van der Waals surface area contributed by atoms with Gasteiger partial charge in [0.1, 0.15) is 5.56 Å². The highest BCUT2D eigenvalue weighted by Gasteiger charge is 2.22. The SMILES string of the molecule is CCc1ccc(-n2cc(C(=O)O)c(=O)c3cnc(Nc4ccc(C5CCN(C(C)C)CC5)cc4)nc32)cc1. The van der Waals surface area contributed by atoms with Gasteiger partial charge in [0.05, 0.1) is 5.39 Å². The molecule has 0 unspecified atom stereocenters. The van der Waals surface area contributed by atoms with E-state index in [1.165, 1.54) is 18.0 Å². The Balaban J connectivity index is 1.44. The molecule has 1 aliphatic heterocycles. The van der Waals surface area contributed by atoms with Gasteiger partial charge in [0.15, 0.2) is 5.65 Å². The smallest absolute Gasteiger partial charge is 0.341 e. The highest BCUT2D eigenvalue weighted by molar-refractivity contribution is 5.92. The van der Waals surface area contributed by atoms with Gasteiger partial charge in [-0.2, -0.15) is 4.98 Å². The van der Waals surface area contributed by atoms with Crippen LogP contribution in [-0.2, 0) is 6.42 Å². The summed E-state index contributed by atoms with van der Waals surface area (Å²) in [5.74, 6) is -0.391. The Bertz CT molecular complexity index is 1500. The zero-order valence-corrected chi connectivity index (χ0v) is 22.0. The second-order valence-electron chi connectivity index (χ2n) is 10.1. The molecule has 2 aromatic carbocycles. The zero-order valence-electron chi connectivity index (χ0n) is 22.0. The van der Waals surface area contributed by atoms with Gasteiger partial charge in [-0.3, -0.25) is 4.79 Å². The van der Waals surface area contributed by atoms with Gasteiger partial charge in [-0.1, -0.05) is 31.2 Å². The standard InChI is InChI=1S/C30H33N5O3/c1-4-20-5-11-24(12-6-20)35-18-26(29(37)38)27(36)25-17-31-30(33-28(25)35)32-23-9-7-21(8-10-23)22-13-15-34(16-14-22)19(2)3/h5-12,17-19,22H,4,13-16H2,1-3H3,(H,37,38)(H,31,32,33). The third-order valence-corrected chi connectivity index (χ3v) is 7.50. The van der Waals surface area contributed by atoms with E-state index < -0.39 is 11.4 Å². The first-order valence-corrected chi connectivity index (χ1v) is 13.2. The molecule has 1 saturated heterocycles. The van der Waals surface area contributed by atoms with Crippen molar-refractivity contribution < 1.29 is 9.90 Å². The lowest BCUT2D eigenvalue weighted by Crippen LogP contribution is -2.37. The number of aromatic nitrogens is 3. The molecule has 196 valence electrons. The maximum Gasteiger partial charge on any atom is 0.341 e. The van der Waals surface area contributed by atoms with E-state index in [0.29, 0.717) is 29.2 Å². The largest absolute Gasteiger partial charge is 0.477 e. The van der Waals surface area contributed by atoms with E-state index in [1.54, 1.807) is 4.57 Å². The van der Waals surface area contributed by atoms with Gasteiger partial charge < -0.3 is 19.9 Å². The zero-order chi connectivity index (χ0) is 26.8.